The van der Waals surface area contributed by atoms with E-state index in [1.165, 1.54) is 32.1 Å². The molecule has 0 bridgehead atoms. The number of nitrogens with one attached hydrogen (secondary N) is 2. The van der Waals surface area contributed by atoms with Crippen molar-refractivity contribution in [1.82, 2.24) is 15.5 Å². The first-order chi connectivity index (χ1) is 10.3. The van der Waals surface area contributed by atoms with Gasteiger partial charge in [0.05, 0.1) is 23.6 Å². The highest BCUT2D eigenvalue weighted by molar-refractivity contribution is 5.95. The van der Waals surface area contributed by atoms with Crippen molar-refractivity contribution < 1.29 is 9.53 Å². The Labute approximate surface area is 124 Å². The summed E-state index contributed by atoms with van der Waals surface area (Å²) in [5, 5.41) is 10.4. The maximum Gasteiger partial charge on any atom is 0.254 e. The van der Waals surface area contributed by atoms with Crippen LogP contribution in [0, 0.1) is 5.92 Å². The Kier molecular flexibility index (Phi) is 3.45. The zero-order chi connectivity index (χ0) is 14.2. The molecule has 1 aromatic rings. The van der Waals surface area contributed by atoms with Crippen LogP contribution in [0.4, 0.5) is 0 Å². The molecule has 2 aliphatic carbocycles. The fourth-order valence-electron chi connectivity index (χ4n) is 4.19. The summed E-state index contributed by atoms with van der Waals surface area (Å²) in [5.74, 6) is 1.05. The minimum absolute atomic E-state index is 0.0414. The summed E-state index contributed by atoms with van der Waals surface area (Å²) in [6, 6.07) is 0.291. The lowest BCUT2D eigenvalue weighted by Crippen LogP contribution is -2.53. The molecule has 0 spiro atoms. The number of ether oxygens (including phenoxy) is 1. The number of aromatic nitrogens is 2. The molecule has 1 aliphatic heterocycles. The lowest BCUT2D eigenvalue weighted by Gasteiger charge is -2.39. The minimum atomic E-state index is 0.0414. The van der Waals surface area contributed by atoms with Gasteiger partial charge in [-0.3, -0.25) is 9.89 Å². The van der Waals surface area contributed by atoms with Crippen LogP contribution in [-0.4, -0.2) is 34.9 Å². The van der Waals surface area contributed by atoms with E-state index in [1.54, 1.807) is 6.20 Å². The Morgan fingerprint density at radius 2 is 2.14 bits per heavy atom. The van der Waals surface area contributed by atoms with Crippen LogP contribution in [0.1, 0.15) is 66.9 Å². The van der Waals surface area contributed by atoms with E-state index in [0.29, 0.717) is 24.0 Å². The molecule has 3 fully saturated rings. The second-order valence-electron chi connectivity index (χ2n) is 6.71. The molecule has 5 nitrogen and oxygen atoms in total. The molecule has 3 atom stereocenters. The van der Waals surface area contributed by atoms with E-state index < -0.39 is 0 Å². The lowest BCUT2D eigenvalue weighted by molar-refractivity contribution is 0.00808. The molecule has 1 aromatic heterocycles. The fourth-order valence-corrected chi connectivity index (χ4v) is 4.19. The van der Waals surface area contributed by atoms with Crippen LogP contribution in [0.15, 0.2) is 6.20 Å². The summed E-state index contributed by atoms with van der Waals surface area (Å²) in [5.41, 5.74) is 1.80. The Morgan fingerprint density at radius 1 is 1.29 bits per heavy atom. The first-order valence-electron chi connectivity index (χ1n) is 8.28. The first kappa shape index (κ1) is 13.3. The van der Waals surface area contributed by atoms with Gasteiger partial charge >= 0.3 is 0 Å². The molecule has 2 N–H and O–H groups in total. The Bertz CT molecular complexity index is 521. The predicted molar refractivity (Wildman–Crippen MR) is 78.1 cm³/mol. The maximum atomic E-state index is 12.5. The quantitative estimate of drug-likeness (QED) is 0.897. The first-order valence-corrected chi connectivity index (χ1v) is 8.28. The number of carbonyl (C=O) groups excluding carboxylic acids is 1. The number of carbonyl (C=O) groups is 1. The molecule has 0 aromatic carbocycles. The zero-order valence-corrected chi connectivity index (χ0v) is 12.3. The molecule has 4 rings (SSSR count). The highest BCUT2D eigenvalue weighted by Gasteiger charge is 2.46. The molecule has 114 valence electrons. The third-order valence-corrected chi connectivity index (χ3v) is 5.51. The van der Waals surface area contributed by atoms with Gasteiger partial charge in [-0.25, -0.2) is 0 Å². The molecular formula is C16H23N3O2. The minimum Gasteiger partial charge on any atom is -0.378 e. The van der Waals surface area contributed by atoms with E-state index in [1.807, 2.05) is 0 Å². The van der Waals surface area contributed by atoms with Gasteiger partial charge in [0.25, 0.3) is 5.91 Å². The van der Waals surface area contributed by atoms with Gasteiger partial charge in [0.15, 0.2) is 0 Å². The van der Waals surface area contributed by atoms with Crippen LogP contribution >= 0.6 is 0 Å². The smallest absolute Gasteiger partial charge is 0.254 e. The molecule has 2 saturated carbocycles. The van der Waals surface area contributed by atoms with Crippen molar-refractivity contribution in [2.75, 3.05) is 6.61 Å². The van der Waals surface area contributed by atoms with Crippen molar-refractivity contribution in [2.24, 2.45) is 5.92 Å². The van der Waals surface area contributed by atoms with Crippen molar-refractivity contribution in [2.45, 2.75) is 63.0 Å². The van der Waals surface area contributed by atoms with Gasteiger partial charge in [0.1, 0.15) is 0 Å². The highest BCUT2D eigenvalue weighted by atomic mass is 16.5. The maximum absolute atomic E-state index is 12.5. The summed E-state index contributed by atoms with van der Waals surface area (Å²) >= 11 is 0. The van der Waals surface area contributed by atoms with Crippen LogP contribution in [0.25, 0.3) is 0 Å². The summed E-state index contributed by atoms with van der Waals surface area (Å²) in [4.78, 5) is 12.5. The molecule has 1 amide bonds. The van der Waals surface area contributed by atoms with E-state index >= 15 is 0 Å². The van der Waals surface area contributed by atoms with Gasteiger partial charge in [-0.15, -0.1) is 0 Å². The molecule has 3 aliphatic rings. The fraction of sp³-hybridized carbons (Fsp3) is 0.750. The van der Waals surface area contributed by atoms with E-state index in [9.17, 15) is 4.79 Å². The van der Waals surface area contributed by atoms with Crippen LogP contribution < -0.4 is 5.32 Å². The molecule has 0 unspecified atom stereocenters. The molecule has 0 radical (unpaired) electrons. The van der Waals surface area contributed by atoms with Gasteiger partial charge in [-0.2, -0.15) is 5.10 Å². The molecular weight excluding hydrogens is 266 g/mol. The van der Waals surface area contributed by atoms with Crippen molar-refractivity contribution in [1.29, 1.82) is 0 Å². The van der Waals surface area contributed by atoms with Crippen molar-refractivity contribution in [3.63, 3.8) is 0 Å². The van der Waals surface area contributed by atoms with E-state index in [-0.39, 0.29) is 5.91 Å². The summed E-state index contributed by atoms with van der Waals surface area (Å²) < 4.78 is 5.60. The van der Waals surface area contributed by atoms with Crippen LogP contribution in [0.5, 0.6) is 0 Å². The molecule has 1 saturated heterocycles. The summed E-state index contributed by atoms with van der Waals surface area (Å²) in [6.45, 7) is 0.848. The third-order valence-electron chi connectivity index (χ3n) is 5.51. The number of amides is 1. The van der Waals surface area contributed by atoms with Gasteiger partial charge in [0, 0.05) is 24.5 Å². The average Bonchev–Trinajstić information content (AvgIpc) is 3.12. The van der Waals surface area contributed by atoms with Crippen LogP contribution in [0.3, 0.4) is 0 Å². The third kappa shape index (κ3) is 2.37. The van der Waals surface area contributed by atoms with Gasteiger partial charge in [0.2, 0.25) is 0 Å². The second-order valence-corrected chi connectivity index (χ2v) is 6.71. The Balaban J connectivity index is 1.43. The number of hydrogen-bond donors (Lipinski definition) is 2. The van der Waals surface area contributed by atoms with Gasteiger partial charge in [-0.05, 0) is 25.7 Å². The number of aromatic amines is 1. The monoisotopic (exact) mass is 289 g/mol. The predicted octanol–water partition coefficient (Wildman–Crippen LogP) is 2.36. The zero-order valence-electron chi connectivity index (χ0n) is 12.3. The van der Waals surface area contributed by atoms with Crippen LogP contribution in [-0.2, 0) is 4.74 Å². The van der Waals surface area contributed by atoms with Gasteiger partial charge < -0.3 is 10.1 Å². The molecule has 21 heavy (non-hydrogen) atoms. The number of nitrogens with zero attached hydrogens (tertiary/aromatic N) is 1. The Hall–Kier alpha value is -1.36. The van der Waals surface area contributed by atoms with E-state index in [2.05, 4.69) is 15.5 Å². The SMILES string of the molecule is O=C(N[C@H]1C[C@@H]2OCC[C@H]12)c1cn[nH]c1C1CCCCC1. The number of fused-ring (bicyclic) bond motifs is 1. The normalized spacial score (nSPS) is 32.5. The Morgan fingerprint density at radius 3 is 2.95 bits per heavy atom. The molecule has 2 heterocycles. The van der Waals surface area contributed by atoms with Crippen molar-refractivity contribution in [3.05, 3.63) is 17.5 Å². The summed E-state index contributed by atoms with van der Waals surface area (Å²) in [6.07, 6.45) is 10.3. The number of hydrogen-bond acceptors (Lipinski definition) is 3. The highest BCUT2D eigenvalue weighted by Crippen LogP contribution is 2.39. The summed E-state index contributed by atoms with van der Waals surface area (Å²) in [7, 11) is 0. The molecule has 5 heteroatoms. The van der Waals surface area contributed by atoms with Crippen molar-refractivity contribution in [3.8, 4) is 0 Å². The average molecular weight is 289 g/mol. The second kappa shape index (κ2) is 5.44. The number of rotatable bonds is 3. The van der Waals surface area contributed by atoms with Gasteiger partial charge in [-0.1, -0.05) is 19.3 Å². The number of H-pyrrole nitrogens is 1. The lowest BCUT2D eigenvalue weighted by atomic mass is 9.76. The van der Waals surface area contributed by atoms with Crippen LogP contribution in [0.2, 0.25) is 0 Å². The van der Waals surface area contributed by atoms with E-state index in [4.69, 9.17) is 4.74 Å². The standard InChI is InChI=1S/C16H23N3O2/c20-16(18-13-8-14-11(13)6-7-21-14)12-9-17-19-15(12)10-4-2-1-3-5-10/h9-11,13-14H,1-8H2,(H,17,19)(H,18,20)/t11-,13+,14+/m1/s1. The largest absolute Gasteiger partial charge is 0.378 e. The van der Waals surface area contributed by atoms with Crippen molar-refractivity contribution >= 4 is 5.91 Å². The van der Waals surface area contributed by atoms with E-state index in [0.717, 1.165) is 30.7 Å². The topological polar surface area (TPSA) is 67.0 Å².